The monoisotopic (exact) mass is 913 g/mol. The number of unbranched alkanes of at least 4 members (excludes halogenated alkanes) is 6. The Morgan fingerprint density at radius 1 is 0.554 bits per heavy atom. The van der Waals surface area contributed by atoms with Crippen molar-refractivity contribution in [3.05, 3.63) is 101 Å². The van der Waals surface area contributed by atoms with E-state index in [1.807, 2.05) is 6.08 Å². The van der Waals surface area contributed by atoms with E-state index in [0.717, 1.165) is 55.9 Å². The molecular formula is C56H75F7O2. The van der Waals surface area contributed by atoms with Crippen molar-refractivity contribution in [2.24, 2.45) is 35.5 Å². The third-order valence-electron chi connectivity index (χ3n) is 15.0. The van der Waals surface area contributed by atoms with Gasteiger partial charge in [-0.05, 0) is 186 Å². The first kappa shape index (κ1) is 50.9. The van der Waals surface area contributed by atoms with Gasteiger partial charge in [-0.2, -0.15) is 22.0 Å². The van der Waals surface area contributed by atoms with Crippen LogP contribution in [0.1, 0.15) is 185 Å². The molecule has 0 radical (unpaired) electrons. The molecule has 2 aromatic carbocycles. The van der Waals surface area contributed by atoms with E-state index >= 15 is 17.6 Å². The number of allylic oxidation sites excluding steroid dienone is 8. The lowest BCUT2D eigenvalue weighted by Crippen LogP contribution is -2.15. The van der Waals surface area contributed by atoms with E-state index in [9.17, 15) is 13.2 Å². The Morgan fingerprint density at radius 3 is 1.62 bits per heavy atom. The van der Waals surface area contributed by atoms with Gasteiger partial charge < -0.3 is 9.47 Å². The number of benzene rings is 2. The quantitative estimate of drug-likeness (QED) is 0.0706. The van der Waals surface area contributed by atoms with Crippen LogP contribution in [0.4, 0.5) is 30.7 Å². The third-order valence-corrected chi connectivity index (χ3v) is 15.0. The van der Waals surface area contributed by atoms with Crippen molar-refractivity contribution in [2.75, 3.05) is 13.2 Å². The van der Waals surface area contributed by atoms with Crippen LogP contribution in [0, 0.1) is 58.8 Å². The van der Waals surface area contributed by atoms with Crippen LogP contribution in [0.2, 0.25) is 0 Å². The van der Waals surface area contributed by atoms with Crippen LogP contribution in [0.3, 0.4) is 0 Å². The van der Waals surface area contributed by atoms with E-state index in [2.05, 4.69) is 38.2 Å². The number of halogens is 7. The molecule has 4 aliphatic rings. The zero-order chi connectivity index (χ0) is 46.2. The van der Waals surface area contributed by atoms with Gasteiger partial charge in [0.1, 0.15) is 0 Å². The molecule has 2 aromatic rings. The fourth-order valence-electron chi connectivity index (χ4n) is 10.5. The van der Waals surface area contributed by atoms with Crippen LogP contribution in [-0.4, -0.2) is 19.4 Å². The van der Waals surface area contributed by atoms with Gasteiger partial charge in [0.05, 0.1) is 13.2 Å². The minimum absolute atomic E-state index is 0.00972. The Bertz CT molecular complexity index is 1890. The van der Waals surface area contributed by atoms with Gasteiger partial charge in [-0.1, -0.05) is 94.9 Å². The van der Waals surface area contributed by atoms with Crippen molar-refractivity contribution < 1.29 is 40.2 Å². The predicted octanol–water partition coefficient (Wildman–Crippen LogP) is 17.9. The van der Waals surface area contributed by atoms with E-state index in [-0.39, 0.29) is 49.0 Å². The minimum Gasteiger partial charge on any atom is -0.490 e. The van der Waals surface area contributed by atoms with Crippen LogP contribution in [-0.2, 0) is 0 Å². The molecule has 2 nitrogen and oxygen atoms in total. The summed E-state index contributed by atoms with van der Waals surface area (Å²) in [4.78, 5) is 0. The molecule has 0 bridgehead atoms. The molecule has 1 atom stereocenters. The molecule has 65 heavy (non-hydrogen) atoms. The summed E-state index contributed by atoms with van der Waals surface area (Å²) in [6, 6.07) is 6.22. The Kier molecular flexibility index (Phi) is 20.0. The molecule has 1 unspecified atom stereocenters. The van der Waals surface area contributed by atoms with E-state index in [1.54, 1.807) is 12.1 Å². The van der Waals surface area contributed by atoms with E-state index in [0.29, 0.717) is 80.6 Å². The first-order chi connectivity index (χ1) is 31.4. The summed E-state index contributed by atoms with van der Waals surface area (Å²) in [5, 5.41) is 0. The van der Waals surface area contributed by atoms with E-state index in [1.165, 1.54) is 69.6 Å². The second-order valence-electron chi connectivity index (χ2n) is 20.1. The Morgan fingerprint density at radius 2 is 1.06 bits per heavy atom. The molecule has 3 saturated carbocycles. The highest BCUT2D eigenvalue weighted by Gasteiger charge is 2.32. The average Bonchev–Trinajstić information content (AvgIpc) is 3.30. The largest absolute Gasteiger partial charge is 0.490 e. The van der Waals surface area contributed by atoms with Crippen molar-refractivity contribution in [3.63, 3.8) is 0 Å². The fraction of sp³-hybridized carbons (Fsp3) is 0.643. The maximum absolute atomic E-state index is 15.2. The van der Waals surface area contributed by atoms with Gasteiger partial charge in [0.2, 0.25) is 11.6 Å². The lowest BCUT2D eigenvalue weighted by atomic mass is 9.77. The third kappa shape index (κ3) is 15.8. The summed E-state index contributed by atoms with van der Waals surface area (Å²) in [6.07, 6.45) is 28.3. The van der Waals surface area contributed by atoms with Crippen molar-refractivity contribution in [3.8, 4) is 11.5 Å². The first-order valence-electron chi connectivity index (χ1n) is 25.4. The average molecular weight is 913 g/mol. The smallest absolute Gasteiger partial charge is 0.412 e. The molecule has 0 N–H and O–H groups in total. The van der Waals surface area contributed by atoms with Gasteiger partial charge in [0.25, 0.3) is 0 Å². The van der Waals surface area contributed by atoms with Crippen LogP contribution in [0.25, 0.3) is 5.57 Å². The zero-order valence-corrected chi connectivity index (χ0v) is 39.2. The molecule has 4 aliphatic carbocycles. The Balaban J connectivity index is 0.825. The summed E-state index contributed by atoms with van der Waals surface area (Å²) >= 11 is 0. The van der Waals surface area contributed by atoms with Crippen molar-refractivity contribution >= 4 is 5.57 Å². The van der Waals surface area contributed by atoms with Crippen LogP contribution < -0.4 is 9.47 Å². The normalized spacial score (nSPS) is 25.9. The fourth-order valence-corrected chi connectivity index (χ4v) is 10.5. The van der Waals surface area contributed by atoms with Gasteiger partial charge in [0.15, 0.2) is 23.1 Å². The summed E-state index contributed by atoms with van der Waals surface area (Å²) in [7, 11) is 0. The van der Waals surface area contributed by atoms with Crippen molar-refractivity contribution in [1.29, 1.82) is 0 Å². The number of hydrogen-bond donors (Lipinski definition) is 0. The highest BCUT2D eigenvalue weighted by Crippen LogP contribution is 2.41. The number of ether oxygens (including phenoxy) is 2. The number of hydrogen-bond acceptors (Lipinski definition) is 2. The summed E-state index contributed by atoms with van der Waals surface area (Å²) in [6.45, 7) is 4.94. The standard InChI is InChI=1S/C56H75F7O2/c1-39-13-17-41(18-14-39)21-23-43-25-29-45(30-26-43)48-33-35-50(54(59)52(48)57)64-37-9-5-3-7-11-47(56(61,62)63)12-8-4-6-10-38-65-51-36-34-49(53(58)55(51)60)46-31-27-44(28-32-46)24-22-42-19-15-40(2)16-20-42/h11,21-24,29,33-36,39-44,46H,3-10,12-20,25-28,30-32,37-38H2,1-2H3/b23-21+,24-22+,47-11-. The van der Waals surface area contributed by atoms with Crippen molar-refractivity contribution in [1.82, 2.24) is 0 Å². The number of alkyl halides is 3. The van der Waals surface area contributed by atoms with Crippen LogP contribution in [0.5, 0.6) is 11.5 Å². The van der Waals surface area contributed by atoms with Gasteiger partial charge in [-0.15, -0.1) is 0 Å². The molecule has 0 amide bonds. The zero-order valence-electron chi connectivity index (χ0n) is 39.2. The summed E-state index contributed by atoms with van der Waals surface area (Å²) < 4.78 is 113. The molecule has 0 aliphatic heterocycles. The summed E-state index contributed by atoms with van der Waals surface area (Å²) in [5.74, 6) is -0.0874. The second kappa shape index (κ2) is 25.6. The second-order valence-corrected chi connectivity index (χ2v) is 20.1. The molecule has 0 aromatic heterocycles. The molecule has 3 fully saturated rings. The minimum atomic E-state index is -4.42. The van der Waals surface area contributed by atoms with Gasteiger partial charge in [-0.25, -0.2) is 8.78 Å². The van der Waals surface area contributed by atoms with Gasteiger partial charge in [-0.3, -0.25) is 0 Å². The SMILES string of the molecule is CC1CCC(/C=C/C2CC=C(c3ccc(OCCCCC/C=C(/CCCCCCOc4ccc(C5CCC(/C=C/C6CCC(C)CC6)CC5)c(F)c4F)C(F)(F)F)c(F)c3F)CC2)CC1. The lowest BCUT2D eigenvalue weighted by Gasteiger charge is -2.28. The Labute approximate surface area is 385 Å². The van der Waals surface area contributed by atoms with Gasteiger partial charge in [0, 0.05) is 11.1 Å². The van der Waals surface area contributed by atoms with Crippen molar-refractivity contribution in [2.45, 2.75) is 180 Å². The van der Waals surface area contributed by atoms with Crippen LogP contribution in [0.15, 0.2) is 66.3 Å². The van der Waals surface area contributed by atoms with Crippen LogP contribution >= 0.6 is 0 Å². The highest BCUT2D eigenvalue weighted by molar-refractivity contribution is 5.67. The molecule has 9 heteroatoms. The molecular weight excluding hydrogens is 838 g/mol. The molecule has 0 heterocycles. The highest BCUT2D eigenvalue weighted by atomic mass is 19.4. The maximum atomic E-state index is 15.2. The predicted molar refractivity (Wildman–Crippen MR) is 250 cm³/mol. The molecule has 0 spiro atoms. The number of rotatable bonds is 21. The first-order valence-corrected chi connectivity index (χ1v) is 25.4. The molecule has 6 rings (SSSR count). The van der Waals surface area contributed by atoms with E-state index < -0.39 is 35.0 Å². The molecule has 0 saturated heterocycles. The maximum Gasteiger partial charge on any atom is 0.412 e. The lowest BCUT2D eigenvalue weighted by molar-refractivity contribution is -0.0944. The topological polar surface area (TPSA) is 18.5 Å². The Hall–Kier alpha value is -3.49. The van der Waals surface area contributed by atoms with Gasteiger partial charge >= 0.3 is 6.18 Å². The molecule has 360 valence electrons. The summed E-state index contributed by atoms with van der Waals surface area (Å²) in [5.41, 5.74) is 0.970. The van der Waals surface area contributed by atoms with E-state index in [4.69, 9.17) is 9.47 Å².